The Hall–Kier alpha value is -1.51. The van der Waals surface area contributed by atoms with Gasteiger partial charge in [-0.1, -0.05) is 6.07 Å². The minimum absolute atomic E-state index is 0.0955. The number of ether oxygens (including phenoxy) is 1. The summed E-state index contributed by atoms with van der Waals surface area (Å²) in [5.74, 6) is 0.642. The van der Waals surface area contributed by atoms with Gasteiger partial charge in [0.15, 0.2) is 11.5 Å². The highest BCUT2D eigenvalue weighted by molar-refractivity contribution is 5.78. The first-order chi connectivity index (χ1) is 6.63. The Morgan fingerprint density at radius 1 is 1.50 bits per heavy atom. The first-order valence-corrected chi connectivity index (χ1v) is 4.57. The Morgan fingerprint density at radius 3 is 2.79 bits per heavy atom. The van der Waals surface area contributed by atoms with Crippen molar-refractivity contribution < 1.29 is 14.6 Å². The van der Waals surface area contributed by atoms with Crippen molar-refractivity contribution in [2.24, 2.45) is 0 Å². The largest absolute Gasteiger partial charge is 0.504 e. The third-order valence-electron chi connectivity index (χ3n) is 1.78. The lowest BCUT2D eigenvalue weighted by molar-refractivity contribution is -0.116. The highest BCUT2D eigenvalue weighted by Gasteiger charge is 2.04. The topological polar surface area (TPSA) is 46.5 Å². The van der Waals surface area contributed by atoms with Crippen molar-refractivity contribution in [1.29, 1.82) is 0 Å². The number of phenolic OH excluding ortho intramolecular Hbond substituents is 1. The Morgan fingerprint density at radius 2 is 2.21 bits per heavy atom. The molecule has 0 radical (unpaired) electrons. The standard InChI is InChI=1S/C11H14O3/c1-3-14-11-7-9(6-8(2)12)4-5-10(11)13/h4-5,7,13H,3,6H2,1-2H3. The summed E-state index contributed by atoms with van der Waals surface area (Å²) in [6.45, 7) is 3.88. The van der Waals surface area contributed by atoms with Gasteiger partial charge in [0, 0.05) is 6.42 Å². The fourth-order valence-electron chi connectivity index (χ4n) is 1.23. The number of carbonyl (C=O) groups is 1. The zero-order chi connectivity index (χ0) is 10.6. The summed E-state index contributed by atoms with van der Waals surface area (Å²) in [5, 5.41) is 9.39. The number of phenols is 1. The van der Waals surface area contributed by atoms with E-state index in [2.05, 4.69) is 0 Å². The van der Waals surface area contributed by atoms with Crippen molar-refractivity contribution in [3.63, 3.8) is 0 Å². The van der Waals surface area contributed by atoms with Crippen LogP contribution < -0.4 is 4.74 Å². The van der Waals surface area contributed by atoms with Crippen LogP contribution in [0.2, 0.25) is 0 Å². The lowest BCUT2D eigenvalue weighted by Gasteiger charge is -2.07. The second-order valence-electron chi connectivity index (χ2n) is 3.11. The van der Waals surface area contributed by atoms with E-state index in [1.54, 1.807) is 18.2 Å². The highest BCUT2D eigenvalue weighted by Crippen LogP contribution is 2.26. The van der Waals surface area contributed by atoms with Crippen LogP contribution in [0.25, 0.3) is 0 Å². The molecule has 0 saturated carbocycles. The second-order valence-corrected chi connectivity index (χ2v) is 3.11. The van der Waals surface area contributed by atoms with Crippen LogP contribution in [0.5, 0.6) is 11.5 Å². The summed E-state index contributed by atoms with van der Waals surface area (Å²) in [6.07, 6.45) is 0.375. The molecule has 3 nitrogen and oxygen atoms in total. The van der Waals surface area contributed by atoms with Crippen LogP contribution in [0, 0.1) is 0 Å². The zero-order valence-corrected chi connectivity index (χ0v) is 8.41. The van der Waals surface area contributed by atoms with E-state index in [1.165, 1.54) is 6.92 Å². The zero-order valence-electron chi connectivity index (χ0n) is 8.41. The van der Waals surface area contributed by atoms with E-state index in [1.807, 2.05) is 6.92 Å². The third kappa shape index (κ3) is 2.76. The summed E-state index contributed by atoms with van der Waals surface area (Å²) in [5.41, 5.74) is 0.860. The average molecular weight is 194 g/mol. The number of aromatic hydroxyl groups is 1. The maximum atomic E-state index is 10.9. The van der Waals surface area contributed by atoms with E-state index in [9.17, 15) is 9.90 Å². The minimum Gasteiger partial charge on any atom is -0.504 e. The van der Waals surface area contributed by atoms with Gasteiger partial charge in [-0.3, -0.25) is 4.79 Å². The van der Waals surface area contributed by atoms with Crippen LogP contribution >= 0.6 is 0 Å². The maximum Gasteiger partial charge on any atom is 0.161 e. The molecular formula is C11H14O3. The molecule has 0 unspecified atom stereocenters. The fourth-order valence-corrected chi connectivity index (χ4v) is 1.23. The molecular weight excluding hydrogens is 180 g/mol. The Bertz CT molecular complexity index is 331. The molecule has 0 aliphatic carbocycles. The smallest absolute Gasteiger partial charge is 0.161 e. The molecule has 1 N–H and O–H groups in total. The molecule has 1 aromatic carbocycles. The van der Waals surface area contributed by atoms with E-state index in [0.29, 0.717) is 18.8 Å². The Balaban J connectivity index is 2.88. The van der Waals surface area contributed by atoms with Gasteiger partial charge in [0.1, 0.15) is 5.78 Å². The van der Waals surface area contributed by atoms with Crippen LogP contribution in [0.4, 0.5) is 0 Å². The normalized spacial score (nSPS) is 9.86. The van der Waals surface area contributed by atoms with Crippen molar-refractivity contribution in [3.05, 3.63) is 23.8 Å². The number of rotatable bonds is 4. The van der Waals surface area contributed by atoms with E-state index >= 15 is 0 Å². The van der Waals surface area contributed by atoms with Crippen LogP contribution in [0.1, 0.15) is 19.4 Å². The summed E-state index contributed by atoms with van der Waals surface area (Å²) in [4.78, 5) is 10.9. The summed E-state index contributed by atoms with van der Waals surface area (Å²) >= 11 is 0. The molecule has 1 aromatic rings. The van der Waals surface area contributed by atoms with Crippen LogP contribution in [-0.4, -0.2) is 17.5 Å². The van der Waals surface area contributed by atoms with E-state index in [-0.39, 0.29) is 11.5 Å². The minimum atomic E-state index is 0.0955. The van der Waals surface area contributed by atoms with Gasteiger partial charge < -0.3 is 9.84 Å². The molecule has 0 saturated heterocycles. The third-order valence-corrected chi connectivity index (χ3v) is 1.78. The van der Waals surface area contributed by atoms with Crippen molar-refractivity contribution in [1.82, 2.24) is 0 Å². The lowest BCUT2D eigenvalue weighted by atomic mass is 10.1. The van der Waals surface area contributed by atoms with Crippen molar-refractivity contribution in [2.45, 2.75) is 20.3 Å². The number of ketones is 1. The number of carbonyl (C=O) groups excluding carboxylic acids is 1. The molecule has 0 aliphatic heterocycles. The van der Waals surface area contributed by atoms with E-state index in [0.717, 1.165) is 5.56 Å². The first-order valence-electron chi connectivity index (χ1n) is 4.57. The molecule has 0 amide bonds. The highest BCUT2D eigenvalue weighted by atomic mass is 16.5. The first kappa shape index (κ1) is 10.6. The molecule has 3 heteroatoms. The van der Waals surface area contributed by atoms with Gasteiger partial charge >= 0.3 is 0 Å². The van der Waals surface area contributed by atoms with Crippen LogP contribution in [-0.2, 0) is 11.2 Å². The van der Waals surface area contributed by atoms with E-state index in [4.69, 9.17) is 4.74 Å². The van der Waals surface area contributed by atoms with Crippen molar-refractivity contribution in [3.8, 4) is 11.5 Å². The van der Waals surface area contributed by atoms with Gasteiger partial charge in [0.05, 0.1) is 6.61 Å². The fraction of sp³-hybridized carbons (Fsp3) is 0.364. The number of benzene rings is 1. The predicted molar refractivity (Wildman–Crippen MR) is 53.7 cm³/mol. The summed E-state index contributed by atoms with van der Waals surface area (Å²) in [6, 6.07) is 4.96. The van der Waals surface area contributed by atoms with Crippen molar-refractivity contribution in [2.75, 3.05) is 6.61 Å². The van der Waals surface area contributed by atoms with Gasteiger partial charge in [0.2, 0.25) is 0 Å². The molecule has 0 heterocycles. The average Bonchev–Trinajstić information content (AvgIpc) is 2.10. The number of hydrogen-bond donors (Lipinski definition) is 1. The summed E-state index contributed by atoms with van der Waals surface area (Å²) < 4.78 is 5.20. The van der Waals surface area contributed by atoms with Gasteiger partial charge in [-0.15, -0.1) is 0 Å². The predicted octanol–water partition coefficient (Wildman–Crippen LogP) is 1.92. The molecule has 0 spiro atoms. The Kier molecular flexibility index (Phi) is 3.51. The van der Waals surface area contributed by atoms with Crippen molar-refractivity contribution >= 4 is 5.78 Å². The van der Waals surface area contributed by atoms with E-state index < -0.39 is 0 Å². The number of Topliss-reactive ketones (excluding diaryl/α,β-unsaturated/α-hetero) is 1. The van der Waals surface area contributed by atoms with Gasteiger partial charge in [0.25, 0.3) is 0 Å². The van der Waals surface area contributed by atoms with Crippen LogP contribution in [0.15, 0.2) is 18.2 Å². The molecule has 1 rings (SSSR count). The monoisotopic (exact) mass is 194 g/mol. The second kappa shape index (κ2) is 4.65. The van der Waals surface area contributed by atoms with Gasteiger partial charge in [-0.2, -0.15) is 0 Å². The molecule has 0 fully saturated rings. The SMILES string of the molecule is CCOc1cc(CC(C)=O)ccc1O. The molecule has 0 atom stereocenters. The Labute approximate surface area is 83.3 Å². The number of hydrogen-bond acceptors (Lipinski definition) is 3. The lowest BCUT2D eigenvalue weighted by Crippen LogP contribution is -1.98. The quantitative estimate of drug-likeness (QED) is 0.796. The summed E-state index contributed by atoms with van der Waals surface area (Å²) in [7, 11) is 0. The van der Waals surface area contributed by atoms with Crippen LogP contribution in [0.3, 0.4) is 0 Å². The molecule has 0 aromatic heterocycles. The molecule has 0 aliphatic rings. The molecule has 14 heavy (non-hydrogen) atoms. The molecule has 0 bridgehead atoms. The van der Waals surface area contributed by atoms with Gasteiger partial charge in [-0.05, 0) is 31.5 Å². The maximum absolute atomic E-state index is 10.9. The van der Waals surface area contributed by atoms with Gasteiger partial charge in [-0.25, -0.2) is 0 Å². The molecule has 76 valence electrons.